The van der Waals surface area contributed by atoms with Gasteiger partial charge < -0.3 is 14.2 Å². The number of carbonyl (C=O) groups excluding carboxylic acids is 2. The third kappa shape index (κ3) is 3.51. The zero-order valence-electron chi connectivity index (χ0n) is 14.6. The molecule has 3 rings (SSSR count). The van der Waals surface area contributed by atoms with Crippen LogP contribution >= 0.6 is 0 Å². The number of hydrogen-bond donors (Lipinski definition) is 0. The normalized spacial score (nSPS) is 15.9. The molecule has 0 fully saturated rings. The van der Waals surface area contributed by atoms with Crippen molar-refractivity contribution < 1.29 is 23.8 Å². The van der Waals surface area contributed by atoms with E-state index in [4.69, 9.17) is 14.2 Å². The highest BCUT2D eigenvalue weighted by Crippen LogP contribution is 2.33. The van der Waals surface area contributed by atoms with Gasteiger partial charge in [0.25, 0.3) is 0 Å². The lowest BCUT2D eigenvalue weighted by Crippen LogP contribution is -2.25. The van der Waals surface area contributed by atoms with Crippen LogP contribution in [0, 0.1) is 0 Å². The van der Waals surface area contributed by atoms with Crippen molar-refractivity contribution in [1.82, 2.24) is 5.01 Å². The first-order chi connectivity index (χ1) is 12.5. The number of amides is 1. The molecule has 0 radical (unpaired) electrons. The molecule has 1 aliphatic rings. The molecule has 134 valence electrons. The molecule has 7 heteroatoms. The summed E-state index contributed by atoms with van der Waals surface area (Å²) >= 11 is 0. The van der Waals surface area contributed by atoms with Crippen LogP contribution in [-0.4, -0.2) is 29.9 Å². The number of ether oxygens (including phenoxy) is 3. The number of esters is 1. The topological polar surface area (TPSA) is 77.4 Å². The first-order valence-corrected chi connectivity index (χ1v) is 7.96. The molecule has 0 aromatic heterocycles. The van der Waals surface area contributed by atoms with E-state index in [1.807, 2.05) is 30.3 Å². The molecule has 2 aromatic rings. The maximum Gasteiger partial charge on any atom is 0.308 e. The van der Waals surface area contributed by atoms with Crippen LogP contribution in [0.4, 0.5) is 0 Å². The lowest BCUT2D eigenvalue weighted by molar-refractivity contribution is -0.135. The molecular weight excluding hydrogens is 336 g/mol. The van der Waals surface area contributed by atoms with Crippen LogP contribution in [-0.2, 0) is 14.3 Å². The van der Waals surface area contributed by atoms with Gasteiger partial charge in [0.1, 0.15) is 0 Å². The van der Waals surface area contributed by atoms with E-state index >= 15 is 0 Å². The monoisotopic (exact) mass is 354 g/mol. The van der Waals surface area contributed by atoms with Gasteiger partial charge in [-0.05, 0) is 18.2 Å². The van der Waals surface area contributed by atoms with Gasteiger partial charge in [-0.15, -0.1) is 5.10 Å². The molecule has 0 spiro atoms. The van der Waals surface area contributed by atoms with Crippen LogP contribution < -0.4 is 9.47 Å². The number of hydrogen-bond acceptors (Lipinski definition) is 6. The third-order valence-corrected chi connectivity index (χ3v) is 3.72. The number of methoxy groups -OCH3 is 1. The Morgan fingerprint density at radius 2 is 1.81 bits per heavy atom. The highest BCUT2D eigenvalue weighted by Gasteiger charge is 2.33. The summed E-state index contributed by atoms with van der Waals surface area (Å²) in [5.74, 6) is 0.253. The van der Waals surface area contributed by atoms with Gasteiger partial charge >= 0.3 is 5.97 Å². The SMILES string of the molecule is COc1cc(C2=NN(C(C)=O)[C@H](c3ccccc3)O2)ccc1OC(C)=O. The maximum absolute atomic E-state index is 12.0. The number of rotatable bonds is 4. The lowest BCUT2D eigenvalue weighted by atomic mass is 10.2. The summed E-state index contributed by atoms with van der Waals surface area (Å²) in [5, 5.41) is 5.59. The average Bonchev–Trinajstić information content (AvgIpc) is 3.08. The molecule has 0 bridgehead atoms. The molecule has 0 saturated heterocycles. The van der Waals surface area contributed by atoms with E-state index in [1.54, 1.807) is 18.2 Å². The zero-order chi connectivity index (χ0) is 18.7. The molecule has 0 saturated carbocycles. The van der Waals surface area contributed by atoms with Crippen LogP contribution in [0.25, 0.3) is 0 Å². The van der Waals surface area contributed by atoms with Crippen LogP contribution in [0.1, 0.15) is 31.2 Å². The van der Waals surface area contributed by atoms with E-state index in [-0.39, 0.29) is 11.8 Å². The van der Waals surface area contributed by atoms with E-state index in [0.29, 0.717) is 17.1 Å². The number of carbonyl (C=O) groups is 2. The Morgan fingerprint density at radius 3 is 2.42 bits per heavy atom. The standard InChI is InChI=1S/C19H18N2O5/c1-12(22)21-19(14-7-5-4-6-8-14)26-18(20-21)15-9-10-16(25-13(2)23)17(11-15)24-3/h4-11,19H,1-3H3/t19-/m0/s1. The summed E-state index contributed by atoms with van der Waals surface area (Å²) in [6.07, 6.45) is -0.636. The van der Waals surface area contributed by atoms with Crippen molar-refractivity contribution in [1.29, 1.82) is 0 Å². The Hall–Kier alpha value is -3.35. The molecule has 1 amide bonds. The molecule has 26 heavy (non-hydrogen) atoms. The van der Waals surface area contributed by atoms with Crippen LogP contribution in [0.3, 0.4) is 0 Å². The average molecular weight is 354 g/mol. The molecule has 1 heterocycles. The van der Waals surface area contributed by atoms with Crippen molar-refractivity contribution in [2.24, 2.45) is 5.10 Å². The Labute approximate surface area is 150 Å². The maximum atomic E-state index is 12.0. The fraction of sp³-hybridized carbons (Fsp3) is 0.211. The molecule has 0 unspecified atom stereocenters. The largest absolute Gasteiger partial charge is 0.493 e. The Bertz CT molecular complexity index is 863. The van der Waals surface area contributed by atoms with Crippen molar-refractivity contribution in [2.75, 3.05) is 7.11 Å². The molecular formula is C19H18N2O5. The van der Waals surface area contributed by atoms with E-state index in [9.17, 15) is 9.59 Å². The van der Waals surface area contributed by atoms with Crippen molar-refractivity contribution in [3.63, 3.8) is 0 Å². The summed E-state index contributed by atoms with van der Waals surface area (Å²) in [5.41, 5.74) is 1.41. The van der Waals surface area contributed by atoms with Gasteiger partial charge in [-0.1, -0.05) is 30.3 Å². The fourth-order valence-electron chi connectivity index (χ4n) is 2.56. The first kappa shape index (κ1) is 17.5. The van der Waals surface area contributed by atoms with Crippen LogP contribution in [0.15, 0.2) is 53.6 Å². The smallest absolute Gasteiger partial charge is 0.308 e. The quantitative estimate of drug-likeness (QED) is 0.623. The van der Waals surface area contributed by atoms with Gasteiger partial charge in [-0.2, -0.15) is 5.01 Å². The molecule has 2 aromatic carbocycles. The van der Waals surface area contributed by atoms with E-state index < -0.39 is 12.2 Å². The minimum Gasteiger partial charge on any atom is -0.493 e. The van der Waals surface area contributed by atoms with E-state index in [2.05, 4.69) is 5.10 Å². The Balaban J connectivity index is 1.93. The van der Waals surface area contributed by atoms with Crippen LogP contribution in [0.5, 0.6) is 11.5 Å². The molecule has 1 atom stereocenters. The lowest BCUT2D eigenvalue weighted by Gasteiger charge is -2.19. The predicted octanol–water partition coefficient (Wildman–Crippen LogP) is 2.86. The zero-order valence-corrected chi connectivity index (χ0v) is 14.6. The number of benzene rings is 2. The summed E-state index contributed by atoms with van der Waals surface area (Å²) in [4.78, 5) is 23.1. The minimum atomic E-state index is -0.636. The molecule has 0 aliphatic carbocycles. The summed E-state index contributed by atoms with van der Waals surface area (Å²) < 4.78 is 16.3. The van der Waals surface area contributed by atoms with Crippen molar-refractivity contribution in [3.05, 3.63) is 59.7 Å². The van der Waals surface area contributed by atoms with Gasteiger partial charge in [-0.3, -0.25) is 9.59 Å². The Kier molecular flexibility index (Phi) is 4.88. The summed E-state index contributed by atoms with van der Waals surface area (Å²) in [6.45, 7) is 2.74. The molecule has 7 nitrogen and oxygen atoms in total. The number of nitrogens with zero attached hydrogens (tertiary/aromatic N) is 2. The van der Waals surface area contributed by atoms with Gasteiger partial charge in [0.05, 0.1) is 7.11 Å². The van der Waals surface area contributed by atoms with Crippen LogP contribution in [0.2, 0.25) is 0 Å². The second-order valence-corrected chi connectivity index (χ2v) is 5.61. The van der Waals surface area contributed by atoms with Gasteiger partial charge in [0, 0.05) is 25.0 Å². The van der Waals surface area contributed by atoms with Crippen molar-refractivity contribution in [2.45, 2.75) is 20.1 Å². The van der Waals surface area contributed by atoms with Gasteiger partial charge in [-0.25, -0.2) is 0 Å². The van der Waals surface area contributed by atoms with Crippen molar-refractivity contribution in [3.8, 4) is 11.5 Å². The minimum absolute atomic E-state index is 0.239. The second kappa shape index (κ2) is 7.26. The predicted molar refractivity (Wildman–Crippen MR) is 93.6 cm³/mol. The van der Waals surface area contributed by atoms with E-state index in [0.717, 1.165) is 5.56 Å². The summed E-state index contributed by atoms with van der Waals surface area (Å²) in [7, 11) is 1.47. The molecule has 0 N–H and O–H groups in total. The first-order valence-electron chi connectivity index (χ1n) is 7.96. The number of hydrazone groups is 1. The van der Waals surface area contributed by atoms with E-state index in [1.165, 1.54) is 26.0 Å². The third-order valence-electron chi connectivity index (χ3n) is 3.72. The summed E-state index contributed by atoms with van der Waals surface area (Å²) in [6, 6.07) is 14.3. The van der Waals surface area contributed by atoms with Gasteiger partial charge in [0.15, 0.2) is 11.5 Å². The highest BCUT2D eigenvalue weighted by atomic mass is 16.6. The van der Waals surface area contributed by atoms with Gasteiger partial charge in [0.2, 0.25) is 18.0 Å². The van der Waals surface area contributed by atoms with Crippen molar-refractivity contribution >= 4 is 17.8 Å². The molecule has 1 aliphatic heterocycles. The fourth-order valence-corrected chi connectivity index (χ4v) is 2.56. The Morgan fingerprint density at radius 1 is 1.08 bits per heavy atom. The highest BCUT2D eigenvalue weighted by molar-refractivity contribution is 5.97. The second-order valence-electron chi connectivity index (χ2n) is 5.61.